The van der Waals surface area contributed by atoms with Crippen LogP contribution < -0.4 is 5.73 Å². The number of carbonyl (C=O) groups is 1. The molecule has 0 aromatic rings. The van der Waals surface area contributed by atoms with E-state index in [2.05, 4.69) is 13.8 Å². The van der Waals surface area contributed by atoms with Crippen LogP contribution in [0.25, 0.3) is 0 Å². The van der Waals surface area contributed by atoms with E-state index in [9.17, 15) is 4.79 Å². The van der Waals surface area contributed by atoms with Gasteiger partial charge in [0.1, 0.15) is 12.1 Å². The summed E-state index contributed by atoms with van der Waals surface area (Å²) in [6.07, 6.45) is 5.98. The highest BCUT2D eigenvalue weighted by Crippen LogP contribution is 2.36. The van der Waals surface area contributed by atoms with Crippen molar-refractivity contribution in [2.45, 2.75) is 71.4 Å². The molecular weight excluding hydrogens is 202 g/mol. The van der Waals surface area contributed by atoms with Crippen molar-refractivity contribution in [3.8, 4) is 0 Å². The van der Waals surface area contributed by atoms with Crippen molar-refractivity contribution in [1.29, 1.82) is 0 Å². The number of hydrogen-bond acceptors (Lipinski definition) is 3. The first-order chi connectivity index (χ1) is 7.44. The maximum Gasteiger partial charge on any atom is 0.323 e. The smallest absolute Gasteiger partial charge is 0.323 e. The third-order valence-electron chi connectivity index (χ3n) is 3.47. The minimum absolute atomic E-state index is 0.100. The molecule has 3 nitrogen and oxygen atoms in total. The second kappa shape index (κ2) is 5.67. The predicted molar refractivity (Wildman–Crippen MR) is 65.0 cm³/mol. The minimum Gasteiger partial charge on any atom is -0.461 e. The van der Waals surface area contributed by atoms with Gasteiger partial charge < -0.3 is 10.5 Å². The highest BCUT2D eigenvalue weighted by atomic mass is 16.5. The standard InChI is InChI=1S/C13H25NO2/c1-4-5-11(14)12(15)16-10-6-8-13(2,3)9-7-10/h10-11H,4-9,14H2,1-3H3/t11-/m1/s1. The lowest BCUT2D eigenvalue weighted by molar-refractivity contribution is -0.153. The van der Waals surface area contributed by atoms with E-state index in [1.807, 2.05) is 6.92 Å². The Morgan fingerprint density at radius 3 is 2.50 bits per heavy atom. The molecule has 0 bridgehead atoms. The fourth-order valence-electron chi connectivity index (χ4n) is 2.17. The summed E-state index contributed by atoms with van der Waals surface area (Å²) in [7, 11) is 0. The molecule has 0 saturated heterocycles. The summed E-state index contributed by atoms with van der Waals surface area (Å²) < 4.78 is 5.44. The molecular formula is C13H25NO2. The topological polar surface area (TPSA) is 52.3 Å². The average Bonchev–Trinajstić information content (AvgIpc) is 2.21. The van der Waals surface area contributed by atoms with E-state index in [4.69, 9.17) is 10.5 Å². The van der Waals surface area contributed by atoms with E-state index in [0.29, 0.717) is 5.41 Å². The van der Waals surface area contributed by atoms with E-state index in [1.165, 1.54) is 0 Å². The molecule has 3 heteroatoms. The van der Waals surface area contributed by atoms with Gasteiger partial charge in [-0.05, 0) is 37.5 Å². The first-order valence-electron chi connectivity index (χ1n) is 6.40. The number of carbonyl (C=O) groups excluding carboxylic acids is 1. The zero-order valence-corrected chi connectivity index (χ0v) is 10.8. The fraction of sp³-hybridized carbons (Fsp3) is 0.923. The molecule has 1 rings (SSSR count). The Bertz CT molecular complexity index is 228. The van der Waals surface area contributed by atoms with Gasteiger partial charge in [0.25, 0.3) is 0 Å². The highest BCUT2D eigenvalue weighted by molar-refractivity contribution is 5.75. The van der Waals surface area contributed by atoms with Crippen LogP contribution in [0.4, 0.5) is 0 Å². The van der Waals surface area contributed by atoms with Crippen LogP contribution in [0.5, 0.6) is 0 Å². The molecule has 1 saturated carbocycles. The SMILES string of the molecule is CCC[C@@H](N)C(=O)OC1CCC(C)(C)CC1. The second-order valence-electron chi connectivity index (χ2n) is 5.70. The summed E-state index contributed by atoms with van der Waals surface area (Å²) in [6.45, 7) is 6.57. The summed E-state index contributed by atoms with van der Waals surface area (Å²) in [4.78, 5) is 11.6. The van der Waals surface area contributed by atoms with Crippen LogP contribution in [-0.2, 0) is 9.53 Å². The van der Waals surface area contributed by atoms with E-state index >= 15 is 0 Å². The molecule has 0 aliphatic heterocycles. The summed E-state index contributed by atoms with van der Waals surface area (Å²) in [5, 5.41) is 0. The van der Waals surface area contributed by atoms with Crippen molar-refractivity contribution < 1.29 is 9.53 Å². The van der Waals surface area contributed by atoms with Gasteiger partial charge in [-0.15, -0.1) is 0 Å². The molecule has 0 radical (unpaired) electrons. The van der Waals surface area contributed by atoms with Crippen LogP contribution >= 0.6 is 0 Å². The second-order valence-corrected chi connectivity index (χ2v) is 5.70. The highest BCUT2D eigenvalue weighted by Gasteiger charge is 2.29. The molecule has 0 aromatic heterocycles. The van der Waals surface area contributed by atoms with Gasteiger partial charge in [0.05, 0.1) is 0 Å². The van der Waals surface area contributed by atoms with E-state index in [-0.39, 0.29) is 12.1 Å². The first-order valence-corrected chi connectivity index (χ1v) is 6.40. The van der Waals surface area contributed by atoms with Crippen molar-refractivity contribution in [2.24, 2.45) is 11.1 Å². The van der Waals surface area contributed by atoms with Gasteiger partial charge in [-0.1, -0.05) is 27.2 Å². The largest absolute Gasteiger partial charge is 0.461 e. The Hall–Kier alpha value is -0.570. The molecule has 1 aliphatic carbocycles. The molecule has 0 heterocycles. The summed E-state index contributed by atoms with van der Waals surface area (Å²) in [5.41, 5.74) is 6.13. The maximum atomic E-state index is 11.6. The molecule has 0 amide bonds. The van der Waals surface area contributed by atoms with Crippen LogP contribution in [0, 0.1) is 5.41 Å². The normalized spacial score (nSPS) is 22.8. The Kier molecular flexibility index (Phi) is 4.78. The predicted octanol–water partition coefficient (Wildman–Crippen LogP) is 2.63. The Morgan fingerprint density at radius 2 is 2.00 bits per heavy atom. The monoisotopic (exact) mass is 227 g/mol. The zero-order valence-electron chi connectivity index (χ0n) is 10.8. The van der Waals surface area contributed by atoms with Gasteiger partial charge >= 0.3 is 5.97 Å². The molecule has 94 valence electrons. The summed E-state index contributed by atoms with van der Waals surface area (Å²) in [6, 6.07) is -0.431. The van der Waals surface area contributed by atoms with Crippen molar-refractivity contribution in [3.63, 3.8) is 0 Å². The number of hydrogen-bond donors (Lipinski definition) is 1. The molecule has 1 aliphatic rings. The van der Waals surface area contributed by atoms with E-state index < -0.39 is 6.04 Å². The lowest BCUT2D eigenvalue weighted by atomic mass is 9.76. The van der Waals surface area contributed by atoms with Crippen molar-refractivity contribution in [1.82, 2.24) is 0 Å². The van der Waals surface area contributed by atoms with Crippen LogP contribution in [0.3, 0.4) is 0 Å². The Labute approximate surface area is 98.7 Å². The van der Waals surface area contributed by atoms with Crippen LogP contribution in [-0.4, -0.2) is 18.1 Å². The first kappa shape index (κ1) is 13.5. The van der Waals surface area contributed by atoms with Gasteiger partial charge in [0, 0.05) is 0 Å². The molecule has 0 unspecified atom stereocenters. The third-order valence-corrected chi connectivity index (χ3v) is 3.47. The molecule has 0 spiro atoms. The number of ether oxygens (including phenoxy) is 1. The minimum atomic E-state index is -0.431. The maximum absolute atomic E-state index is 11.6. The van der Waals surface area contributed by atoms with Crippen LogP contribution in [0.1, 0.15) is 59.3 Å². The van der Waals surface area contributed by atoms with Gasteiger partial charge in [0.2, 0.25) is 0 Å². The van der Waals surface area contributed by atoms with Gasteiger partial charge in [0.15, 0.2) is 0 Å². The Balaban J connectivity index is 2.31. The third kappa shape index (κ3) is 4.12. The number of esters is 1. The quantitative estimate of drug-likeness (QED) is 0.751. The fourth-order valence-corrected chi connectivity index (χ4v) is 2.17. The van der Waals surface area contributed by atoms with Gasteiger partial charge in [-0.2, -0.15) is 0 Å². The number of rotatable bonds is 4. The van der Waals surface area contributed by atoms with Crippen LogP contribution in [0.2, 0.25) is 0 Å². The molecule has 1 atom stereocenters. The molecule has 0 aromatic carbocycles. The van der Waals surface area contributed by atoms with Gasteiger partial charge in [-0.25, -0.2) is 0 Å². The molecule has 16 heavy (non-hydrogen) atoms. The molecule has 1 fully saturated rings. The summed E-state index contributed by atoms with van der Waals surface area (Å²) in [5.74, 6) is -0.216. The molecule has 2 N–H and O–H groups in total. The van der Waals surface area contributed by atoms with Crippen molar-refractivity contribution in [3.05, 3.63) is 0 Å². The van der Waals surface area contributed by atoms with Crippen LogP contribution in [0.15, 0.2) is 0 Å². The van der Waals surface area contributed by atoms with Crippen molar-refractivity contribution in [2.75, 3.05) is 0 Å². The van der Waals surface area contributed by atoms with Crippen molar-refractivity contribution >= 4 is 5.97 Å². The summed E-state index contributed by atoms with van der Waals surface area (Å²) >= 11 is 0. The zero-order chi connectivity index (χ0) is 12.2. The van der Waals surface area contributed by atoms with Gasteiger partial charge in [-0.3, -0.25) is 4.79 Å². The average molecular weight is 227 g/mol. The number of nitrogens with two attached hydrogens (primary N) is 1. The van der Waals surface area contributed by atoms with E-state index in [1.54, 1.807) is 0 Å². The lowest BCUT2D eigenvalue weighted by Gasteiger charge is -2.34. The lowest BCUT2D eigenvalue weighted by Crippen LogP contribution is -2.36. The van der Waals surface area contributed by atoms with E-state index in [0.717, 1.165) is 38.5 Å². The Morgan fingerprint density at radius 1 is 1.44 bits per heavy atom.